The molecular weight excluding hydrogens is 470 g/mol. The number of rotatable bonds is 9. The molecule has 3 aromatic rings. The van der Waals surface area contributed by atoms with E-state index < -0.39 is 0 Å². The average molecular weight is 500 g/mol. The fraction of sp³-hybridized carbons (Fsp3) is 0.440. The van der Waals surface area contributed by atoms with Gasteiger partial charge in [0.2, 0.25) is 5.95 Å². The van der Waals surface area contributed by atoms with Crippen LogP contribution in [0.3, 0.4) is 0 Å². The summed E-state index contributed by atoms with van der Waals surface area (Å²) in [6, 6.07) is 7.31. The number of fused-ring (bicyclic) bond motifs is 1. The maximum absolute atomic E-state index is 12.8. The zero-order valence-corrected chi connectivity index (χ0v) is 21.0. The van der Waals surface area contributed by atoms with Gasteiger partial charge < -0.3 is 24.3 Å². The Balaban J connectivity index is 1.63. The normalized spacial score (nSPS) is 15.9. The molecule has 0 spiro atoms. The molecule has 9 nitrogen and oxygen atoms in total. The lowest BCUT2D eigenvalue weighted by Crippen LogP contribution is -2.43. The van der Waals surface area contributed by atoms with E-state index in [-0.39, 0.29) is 29.8 Å². The number of halogens is 1. The summed E-state index contributed by atoms with van der Waals surface area (Å²) >= 11 is 6.41. The van der Waals surface area contributed by atoms with Crippen molar-refractivity contribution in [3.05, 3.63) is 45.8 Å². The molecule has 1 N–H and O–H groups in total. The predicted molar refractivity (Wildman–Crippen MR) is 137 cm³/mol. The summed E-state index contributed by atoms with van der Waals surface area (Å²) in [7, 11) is 0. The zero-order valence-electron chi connectivity index (χ0n) is 20.2. The van der Waals surface area contributed by atoms with Crippen LogP contribution in [0.2, 0.25) is 5.02 Å². The van der Waals surface area contributed by atoms with Gasteiger partial charge in [0.15, 0.2) is 17.4 Å². The third kappa shape index (κ3) is 5.57. The summed E-state index contributed by atoms with van der Waals surface area (Å²) in [5, 5.41) is 4.47. The molecule has 1 saturated heterocycles. The van der Waals surface area contributed by atoms with Gasteiger partial charge in [0, 0.05) is 37.1 Å². The molecule has 2 aromatic heterocycles. The molecule has 0 amide bonds. The Morgan fingerprint density at radius 3 is 2.86 bits per heavy atom. The molecule has 10 heteroatoms. The molecule has 1 aliphatic heterocycles. The number of pyridine rings is 1. The summed E-state index contributed by atoms with van der Waals surface area (Å²) in [6.45, 7) is 8.17. The summed E-state index contributed by atoms with van der Waals surface area (Å²) in [5.74, 6) is 1.17. The van der Waals surface area contributed by atoms with Crippen LogP contribution in [0.5, 0.6) is 5.75 Å². The van der Waals surface area contributed by atoms with Gasteiger partial charge in [-0.1, -0.05) is 25.4 Å². The lowest BCUT2D eigenvalue weighted by Gasteiger charge is -2.32. The van der Waals surface area contributed by atoms with Gasteiger partial charge in [-0.3, -0.25) is 9.59 Å². The van der Waals surface area contributed by atoms with Crippen LogP contribution in [-0.2, 0) is 16.1 Å². The van der Waals surface area contributed by atoms with E-state index >= 15 is 0 Å². The summed E-state index contributed by atoms with van der Waals surface area (Å²) < 4.78 is 12.9. The van der Waals surface area contributed by atoms with Crippen molar-refractivity contribution in [3.63, 3.8) is 0 Å². The minimum absolute atomic E-state index is 0.0669. The molecule has 0 radical (unpaired) electrons. The third-order valence-corrected chi connectivity index (χ3v) is 6.31. The highest BCUT2D eigenvalue weighted by atomic mass is 35.5. The fourth-order valence-corrected chi connectivity index (χ4v) is 4.14. The Bertz CT molecular complexity index is 1280. The number of carbonyl (C=O) groups is 1. The first-order chi connectivity index (χ1) is 16.9. The molecule has 1 aromatic carbocycles. The van der Waals surface area contributed by atoms with Crippen molar-refractivity contribution in [2.75, 3.05) is 36.5 Å². The Hall–Kier alpha value is -3.17. The SMILES string of the molecule is CCC(=O)COc1cc2cc(Nc3nc(N4CCO[C@H](CC)C4)ncc3Cl)ccc2n(CC)c1=O. The number of benzene rings is 1. The minimum atomic E-state index is -0.260. The maximum Gasteiger partial charge on any atom is 0.293 e. The van der Waals surface area contributed by atoms with Crippen LogP contribution in [0.15, 0.2) is 35.3 Å². The highest BCUT2D eigenvalue weighted by Gasteiger charge is 2.22. The molecular formula is C25H30ClN5O4. The molecule has 1 atom stereocenters. The highest BCUT2D eigenvalue weighted by Crippen LogP contribution is 2.28. The number of aryl methyl sites for hydroxylation is 1. The molecule has 35 heavy (non-hydrogen) atoms. The largest absolute Gasteiger partial charge is 0.480 e. The Labute approximate surface area is 209 Å². The number of Topliss-reactive ketones (excluding diaryl/α,β-unsaturated/α-hetero) is 1. The van der Waals surface area contributed by atoms with Gasteiger partial charge >= 0.3 is 0 Å². The maximum atomic E-state index is 12.8. The first-order valence-electron chi connectivity index (χ1n) is 11.9. The second-order valence-corrected chi connectivity index (χ2v) is 8.76. The van der Waals surface area contributed by atoms with E-state index in [1.807, 2.05) is 25.1 Å². The van der Waals surface area contributed by atoms with Crippen molar-refractivity contribution >= 4 is 45.7 Å². The van der Waals surface area contributed by atoms with Crippen LogP contribution in [0.1, 0.15) is 33.6 Å². The lowest BCUT2D eigenvalue weighted by molar-refractivity contribution is -0.120. The van der Waals surface area contributed by atoms with Crippen LogP contribution in [-0.4, -0.2) is 52.7 Å². The van der Waals surface area contributed by atoms with Crippen molar-refractivity contribution in [1.82, 2.24) is 14.5 Å². The van der Waals surface area contributed by atoms with Gasteiger partial charge in [0.25, 0.3) is 5.56 Å². The summed E-state index contributed by atoms with van der Waals surface area (Å²) in [5.41, 5.74) is 1.25. The molecule has 0 aliphatic carbocycles. The topological polar surface area (TPSA) is 98.6 Å². The van der Waals surface area contributed by atoms with Crippen LogP contribution in [0, 0.1) is 0 Å². The van der Waals surface area contributed by atoms with E-state index in [1.165, 1.54) is 0 Å². The van der Waals surface area contributed by atoms with E-state index in [0.717, 1.165) is 29.6 Å². The number of ether oxygens (including phenoxy) is 2. The Morgan fingerprint density at radius 2 is 2.11 bits per heavy atom. The van der Waals surface area contributed by atoms with E-state index in [9.17, 15) is 9.59 Å². The van der Waals surface area contributed by atoms with Crippen LogP contribution in [0.4, 0.5) is 17.5 Å². The second-order valence-electron chi connectivity index (χ2n) is 8.35. The number of nitrogens with one attached hydrogen (secondary N) is 1. The first kappa shape index (κ1) is 24.9. The third-order valence-electron chi connectivity index (χ3n) is 6.03. The van der Waals surface area contributed by atoms with Crippen molar-refractivity contribution < 1.29 is 14.3 Å². The molecule has 0 saturated carbocycles. The number of carbonyl (C=O) groups excluding carboxylic acids is 1. The van der Waals surface area contributed by atoms with E-state index in [2.05, 4.69) is 27.1 Å². The molecule has 0 unspecified atom stereocenters. The monoisotopic (exact) mass is 499 g/mol. The Kier molecular flexibility index (Phi) is 7.87. The van der Waals surface area contributed by atoms with Crippen LogP contribution < -0.4 is 20.5 Å². The Morgan fingerprint density at radius 1 is 1.29 bits per heavy atom. The molecule has 3 heterocycles. The number of hydrogen-bond acceptors (Lipinski definition) is 8. The van der Waals surface area contributed by atoms with Gasteiger partial charge in [-0.05, 0) is 37.6 Å². The quantitative estimate of drug-likeness (QED) is 0.468. The fourth-order valence-electron chi connectivity index (χ4n) is 4.00. The minimum Gasteiger partial charge on any atom is -0.480 e. The second kappa shape index (κ2) is 11.0. The van der Waals surface area contributed by atoms with E-state index in [1.54, 1.807) is 23.8 Å². The van der Waals surface area contributed by atoms with E-state index in [0.29, 0.717) is 42.9 Å². The molecule has 1 aliphatic rings. The van der Waals surface area contributed by atoms with Gasteiger partial charge in [0.1, 0.15) is 11.6 Å². The van der Waals surface area contributed by atoms with Crippen molar-refractivity contribution in [2.45, 2.75) is 46.3 Å². The van der Waals surface area contributed by atoms with Gasteiger partial charge in [-0.25, -0.2) is 4.98 Å². The standard InChI is InChI=1S/C25H30ClN5O4/c1-4-18(32)15-35-22-12-16-11-17(7-8-21(16)31(6-3)24(22)33)28-23-20(26)13-27-25(29-23)30-9-10-34-19(5-2)14-30/h7-8,11-13,19H,4-6,9-10,14-15H2,1-3H3,(H,27,28,29)/t19-/m1/s1. The molecule has 4 rings (SSSR count). The van der Waals surface area contributed by atoms with Crippen molar-refractivity contribution in [2.24, 2.45) is 0 Å². The van der Waals surface area contributed by atoms with Gasteiger partial charge in [0.05, 0.1) is 24.4 Å². The number of aromatic nitrogens is 3. The smallest absolute Gasteiger partial charge is 0.293 e. The van der Waals surface area contributed by atoms with Crippen molar-refractivity contribution in [1.29, 1.82) is 0 Å². The predicted octanol–water partition coefficient (Wildman–Crippen LogP) is 4.18. The number of nitrogens with zero attached hydrogens (tertiary/aromatic N) is 4. The first-order valence-corrected chi connectivity index (χ1v) is 12.3. The lowest BCUT2D eigenvalue weighted by atomic mass is 10.1. The van der Waals surface area contributed by atoms with Gasteiger partial charge in [-0.2, -0.15) is 4.98 Å². The molecule has 0 bridgehead atoms. The van der Waals surface area contributed by atoms with Gasteiger partial charge in [-0.15, -0.1) is 0 Å². The number of morpholine rings is 1. The molecule has 1 fully saturated rings. The highest BCUT2D eigenvalue weighted by molar-refractivity contribution is 6.32. The van der Waals surface area contributed by atoms with Crippen LogP contribution >= 0.6 is 11.6 Å². The molecule has 186 valence electrons. The zero-order chi connectivity index (χ0) is 24.9. The average Bonchev–Trinajstić information content (AvgIpc) is 2.88. The number of ketones is 1. The van der Waals surface area contributed by atoms with Crippen molar-refractivity contribution in [3.8, 4) is 5.75 Å². The summed E-state index contributed by atoms with van der Waals surface area (Å²) in [4.78, 5) is 35.7. The summed E-state index contributed by atoms with van der Waals surface area (Å²) in [6.07, 6.45) is 3.03. The van der Waals surface area contributed by atoms with E-state index in [4.69, 9.17) is 21.1 Å². The number of hydrogen-bond donors (Lipinski definition) is 1. The van der Waals surface area contributed by atoms with Crippen LogP contribution in [0.25, 0.3) is 10.9 Å². The number of anilines is 3.